The molecule has 90 heavy (non-hydrogen) atoms. The summed E-state index contributed by atoms with van der Waals surface area (Å²) < 4.78 is 121. The minimum atomic E-state index is -5.42. The highest BCUT2D eigenvalue weighted by molar-refractivity contribution is 7.98. The van der Waals surface area contributed by atoms with Crippen molar-refractivity contribution in [3.8, 4) is 23.7 Å². The second-order valence-corrected chi connectivity index (χ2v) is 26.5. The quantitative estimate of drug-likeness (QED) is 0.0802. The van der Waals surface area contributed by atoms with Crippen molar-refractivity contribution >= 4 is 35.1 Å². The Morgan fingerprint density at radius 3 is 1.19 bits per heavy atom. The predicted octanol–water partition coefficient (Wildman–Crippen LogP) is 25.2. The fourth-order valence-electron chi connectivity index (χ4n) is 6.58. The van der Waals surface area contributed by atoms with Gasteiger partial charge in [0.2, 0.25) is 0 Å². The fourth-order valence-corrected chi connectivity index (χ4v) is 8.13. The van der Waals surface area contributed by atoms with E-state index in [1.165, 1.54) is 41.5 Å². The third-order valence-corrected chi connectivity index (χ3v) is 13.3. The van der Waals surface area contributed by atoms with Crippen LogP contribution in [0.5, 0.6) is 0 Å². The van der Waals surface area contributed by atoms with E-state index in [1.54, 1.807) is 39.2 Å². The highest BCUT2D eigenvalue weighted by Crippen LogP contribution is 2.40. The molecule has 0 bridgehead atoms. The average Bonchev–Trinajstić information content (AvgIpc) is 1.24. The lowest BCUT2D eigenvalue weighted by Gasteiger charge is -2.22. The summed E-state index contributed by atoms with van der Waals surface area (Å²) in [6.07, 6.45) is -3.22. The van der Waals surface area contributed by atoms with E-state index in [0.717, 1.165) is 55.3 Å². The molecule has 4 aromatic carbocycles. The molecule has 0 unspecified atom stereocenters. The molecule has 2 aromatic heterocycles. The monoisotopic (exact) mass is 1320 g/mol. The summed E-state index contributed by atoms with van der Waals surface area (Å²) in [4.78, 5) is 0. The van der Waals surface area contributed by atoms with Gasteiger partial charge in [-0.25, -0.2) is 4.39 Å². The Labute approximate surface area is 551 Å². The second kappa shape index (κ2) is 50.4. The van der Waals surface area contributed by atoms with Gasteiger partial charge in [-0.15, -0.1) is 0 Å². The van der Waals surface area contributed by atoms with Gasteiger partial charge < -0.3 is 13.6 Å². The molecule has 15 heteroatoms. The number of thioether (sulfide) groups is 2. The van der Waals surface area contributed by atoms with Crippen LogP contribution in [0.2, 0.25) is 5.02 Å². The molecule has 0 fully saturated rings. The number of rotatable bonds is 14. The van der Waals surface area contributed by atoms with Crippen molar-refractivity contribution in [2.24, 2.45) is 35.5 Å². The van der Waals surface area contributed by atoms with E-state index in [0.29, 0.717) is 45.8 Å². The third kappa shape index (κ3) is 48.6. The third-order valence-electron chi connectivity index (χ3n) is 11.4. The molecular weight excluding hydrogens is 1220 g/mol. The molecule has 0 aliphatic carbocycles. The van der Waals surface area contributed by atoms with E-state index < -0.39 is 30.6 Å². The van der Waals surface area contributed by atoms with Gasteiger partial charge in [-0.05, 0) is 144 Å². The maximum absolute atomic E-state index is 13.3. The molecule has 0 saturated carbocycles. The molecule has 0 amide bonds. The second-order valence-electron chi connectivity index (χ2n) is 24.2. The Morgan fingerprint density at radius 1 is 0.478 bits per heavy atom. The van der Waals surface area contributed by atoms with Gasteiger partial charge >= 0.3 is 18.3 Å². The smallest absolute Gasteiger partial charge is 0.452 e. The van der Waals surface area contributed by atoms with Gasteiger partial charge in [-0.1, -0.05) is 233 Å². The molecule has 6 aromatic rings. The minimum absolute atomic E-state index is 0.282. The first-order valence-electron chi connectivity index (χ1n) is 30.6. The Bertz CT molecular complexity index is 2680. The fraction of sp³-hybridized carbons (Fsp3) is 0.520. The molecule has 0 atom stereocenters. The summed E-state index contributed by atoms with van der Waals surface area (Å²) in [6, 6.07) is 42.6. The Kier molecular flexibility index (Phi) is 49.9. The van der Waals surface area contributed by atoms with Crippen molar-refractivity contribution in [2.45, 2.75) is 180 Å². The van der Waals surface area contributed by atoms with Gasteiger partial charge in [0.15, 0.2) is 11.5 Å². The van der Waals surface area contributed by atoms with E-state index >= 15 is 0 Å². The van der Waals surface area contributed by atoms with Crippen LogP contribution < -0.4 is 0 Å². The number of alkyl halides is 8. The number of methoxy groups -OCH3 is 1. The highest BCUT2D eigenvalue weighted by Gasteiger charge is 2.59. The molecule has 0 saturated heterocycles. The van der Waals surface area contributed by atoms with Crippen LogP contribution in [0.3, 0.4) is 0 Å². The summed E-state index contributed by atoms with van der Waals surface area (Å²) in [7, 11) is 1.72. The Morgan fingerprint density at radius 2 is 0.922 bits per heavy atom. The lowest BCUT2D eigenvalue weighted by Crippen LogP contribution is -2.40. The minimum Gasteiger partial charge on any atom is -0.452 e. The van der Waals surface area contributed by atoms with Crippen molar-refractivity contribution < 1.29 is 53.1 Å². The maximum atomic E-state index is 13.3. The van der Waals surface area contributed by atoms with Gasteiger partial charge in [-0.2, -0.15) is 58.6 Å². The van der Waals surface area contributed by atoms with Crippen LogP contribution in [0.4, 0.5) is 39.5 Å². The molecule has 6 rings (SSSR count). The topological polar surface area (TPSA) is 35.5 Å². The van der Waals surface area contributed by atoms with E-state index in [1.807, 2.05) is 92.0 Å². The molecule has 0 aliphatic heterocycles. The first-order chi connectivity index (χ1) is 41.8. The van der Waals surface area contributed by atoms with Gasteiger partial charge in [0, 0.05) is 43.5 Å². The van der Waals surface area contributed by atoms with Crippen molar-refractivity contribution in [2.75, 3.05) is 37.7 Å². The van der Waals surface area contributed by atoms with Crippen LogP contribution in [-0.4, -0.2) is 56.0 Å². The normalized spacial score (nSPS) is 10.8. The number of furan rings is 2. The highest BCUT2D eigenvalue weighted by atomic mass is 35.5. The van der Waals surface area contributed by atoms with Crippen molar-refractivity contribution in [1.82, 2.24) is 0 Å². The number of benzene rings is 4. The SMILES string of the molecule is CC(C)C(F)(F)C(F)(F)F.CC(C)CC(F)(F)F.CC(C)Cc1ccccc1.CC(C)c1ccc(C#Cc2ccccc2Cl)o1.CC(C)c1ccc(C#Cc2ccccc2F)o1.CC(C)c1ccccc1.COCC(C)C.CSCC(C)C.CSCCC(C)C. The van der Waals surface area contributed by atoms with Crippen LogP contribution in [0, 0.1) is 65.0 Å². The first-order valence-corrected chi connectivity index (χ1v) is 33.8. The van der Waals surface area contributed by atoms with E-state index in [9.17, 15) is 39.5 Å². The van der Waals surface area contributed by atoms with Gasteiger partial charge in [0.1, 0.15) is 17.3 Å². The first kappa shape index (κ1) is 89.1. The molecule has 0 aliphatic rings. The van der Waals surface area contributed by atoms with Gasteiger partial charge in [-0.3, -0.25) is 0 Å². The zero-order chi connectivity index (χ0) is 69.6. The molecule has 506 valence electrons. The lowest BCUT2D eigenvalue weighted by atomic mass is 10.0. The number of hydrogen-bond acceptors (Lipinski definition) is 5. The van der Waals surface area contributed by atoms with Gasteiger partial charge in [0.25, 0.3) is 0 Å². The van der Waals surface area contributed by atoms with E-state index in [-0.39, 0.29) is 11.7 Å². The molecule has 2 heterocycles. The summed E-state index contributed by atoms with van der Waals surface area (Å²) in [5, 5.41) is 0.663. The molecule has 3 nitrogen and oxygen atoms in total. The summed E-state index contributed by atoms with van der Waals surface area (Å²) in [5.41, 5.74) is 4.06. The Hall–Kier alpha value is -5.12. The van der Waals surface area contributed by atoms with Crippen molar-refractivity contribution in [3.05, 3.63) is 190 Å². The van der Waals surface area contributed by atoms with Crippen LogP contribution in [0.1, 0.15) is 201 Å². The average molecular weight is 1330 g/mol. The summed E-state index contributed by atoms with van der Waals surface area (Å²) in [6.45, 7) is 36.0. The van der Waals surface area contributed by atoms with E-state index in [2.05, 4.69) is 174 Å². The van der Waals surface area contributed by atoms with Gasteiger partial charge in [0.05, 0.1) is 10.6 Å². The zero-order valence-electron chi connectivity index (χ0n) is 57.5. The predicted molar refractivity (Wildman–Crippen MR) is 370 cm³/mol. The molecular formula is C75H106ClF9O3S2. The summed E-state index contributed by atoms with van der Waals surface area (Å²) in [5.74, 6) is 15.0. The Balaban J connectivity index is -0.000000973. The van der Waals surface area contributed by atoms with E-state index in [4.69, 9.17) is 25.2 Å². The largest absolute Gasteiger partial charge is 0.453 e. The van der Waals surface area contributed by atoms with Crippen LogP contribution in [-0.2, 0) is 11.2 Å². The molecule has 0 N–H and O–H groups in total. The van der Waals surface area contributed by atoms with Crippen molar-refractivity contribution in [3.63, 3.8) is 0 Å². The standard InChI is InChI=1S/C15H13ClO.C15H13FO.C10H14.C9H12.C6H14S.C5H7F5.C5H9F3.C5H12O.C5H12S/c2*1-11(2)15-10-9-13(17-15)8-7-12-5-3-4-6-14(12)16;1-9(2)8-10-6-4-3-5-7-10;1-8(2)9-6-4-3-5-7-9;1-6(2)4-5-7-3;1-3(2)4(6,7)5(8,9)10;1-4(2)3-5(6,7)8;2*1-5(2)4-6-3/h2*3-6,9-11H,1-2H3;3-7,9H,8H2,1-2H3;3-8H,1-2H3;6H,4-5H2,1-3H3;3H,1-2H3;4H,3H2,1-2H3;2*5H,4H2,1-3H3. The summed E-state index contributed by atoms with van der Waals surface area (Å²) >= 11 is 9.85. The lowest BCUT2D eigenvalue weighted by molar-refractivity contribution is -0.298. The number of ether oxygens (including phenoxy) is 1. The van der Waals surface area contributed by atoms with Crippen molar-refractivity contribution in [1.29, 1.82) is 0 Å². The number of halogens is 10. The van der Waals surface area contributed by atoms with Crippen LogP contribution >= 0.6 is 35.1 Å². The molecule has 0 spiro atoms. The zero-order valence-corrected chi connectivity index (χ0v) is 59.9. The number of hydrogen-bond donors (Lipinski definition) is 0. The maximum Gasteiger partial charge on any atom is 0.453 e. The molecule has 0 radical (unpaired) electrons. The van der Waals surface area contributed by atoms with Crippen LogP contribution in [0.15, 0.2) is 142 Å². The van der Waals surface area contributed by atoms with Crippen LogP contribution in [0.25, 0.3) is 0 Å².